The Morgan fingerprint density at radius 3 is 2.70 bits per heavy atom. The van der Waals surface area contributed by atoms with Crippen molar-refractivity contribution in [2.45, 2.75) is 13.2 Å². The Labute approximate surface area is 114 Å². The first-order chi connectivity index (χ1) is 9.74. The number of nitrogens with zero attached hydrogens (tertiary/aromatic N) is 3. The van der Waals surface area contributed by atoms with Crippen LogP contribution in [0.4, 0.5) is 4.79 Å². The molecule has 8 heteroatoms. The third-order valence-electron chi connectivity index (χ3n) is 2.29. The van der Waals surface area contributed by atoms with Crippen molar-refractivity contribution in [2.24, 2.45) is 0 Å². The quantitative estimate of drug-likeness (QED) is 0.779. The lowest BCUT2D eigenvalue weighted by Gasteiger charge is -2.08. The van der Waals surface area contributed by atoms with Gasteiger partial charge in [0.1, 0.15) is 13.2 Å². The van der Waals surface area contributed by atoms with Crippen LogP contribution >= 0.6 is 0 Å². The zero-order chi connectivity index (χ0) is 14.2. The number of ether oxygens (including phenoxy) is 1. The van der Waals surface area contributed by atoms with Crippen molar-refractivity contribution in [3.8, 4) is 0 Å². The Hall–Kier alpha value is -2.90. The number of hydrogen-bond donors (Lipinski definition) is 2. The summed E-state index contributed by atoms with van der Waals surface area (Å²) in [6, 6.07) is 9.22. The molecule has 0 saturated heterocycles. The second-order valence-corrected chi connectivity index (χ2v) is 3.84. The molecule has 1 aromatic heterocycles. The fraction of sp³-hybridized carbons (Fsp3) is 0.167. The summed E-state index contributed by atoms with van der Waals surface area (Å²) in [6.07, 6.45) is 2.25. The van der Waals surface area contributed by atoms with Gasteiger partial charge in [-0.3, -0.25) is 10.2 Å². The van der Waals surface area contributed by atoms with Crippen LogP contribution in [0.15, 0.2) is 42.7 Å². The standard InChI is InChI=1S/C12H13N5O3/c18-11(8-17-7-6-13-16-17)14-15-12(19)20-9-10-4-2-1-3-5-10/h1-7H,8-9H2,(H,14,18)(H,15,19). The maximum absolute atomic E-state index is 11.4. The summed E-state index contributed by atoms with van der Waals surface area (Å²) < 4.78 is 6.24. The first kappa shape index (κ1) is 13.5. The predicted octanol–water partition coefficient (Wildman–Crippen LogP) is 0.236. The summed E-state index contributed by atoms with van der Waals surface area (Å²) in [5, 5.41) is 7.18. The molecule has 1 aromatic carbocycles. The van der Waals surface area contributed by atoms with Crippen LogP contribution in [0.1, 0.15) is 5.56 Å². The molecule has 0 bridgehead atoms. The van der Waals surface area contributed by atoms with Crippen molar-refractivity contribution in [1.29, 1.82) is 0 Å². The van der Waals surface area contributed by atoms with Gasteiger partial charge in [0, 0.05) is 6.20 Å². The molecular weight excluding hydrogens is 262 g/mol. The van der Waals surface area contributed by atoms with Gasteiger partial charge in [0.05, 0.1) is 6.20 Å². The number of carbonyl (C=O) groups excluding carboxylic acids is 2. The van der Waals surface area contributed by atoms with Crippen molar-refractivity contribution in [3.63, 3.8) is 0 Å². The van der Waals surface area contributed by atoms with Crippen LogP contribution in [0.25, 0.3) is 0 Å². The molecule has 2 aromatic rings. The lowest BCUT2D eigenvalue weighted by molar-refractivity contribution is -0.122. The molecule has 104 valence electrons. The van der Waals surface area contributed by atoms with Gasteiger partial charge in [-0.05, 0) is 5.56 Å². The Morgan fingerprint density at radius 1 is 1.20 bits per heavy atom. The van der Waals surface area contributed by atoms with E-state index in [2.05, 4.69) is 21.2 Å². The first-order valence-corrected chi connectivity index (χ1v) is 5.83. The molecule has 0 saturated carbocycles. The molecule has 2 amide bonds. The fourth-order valence-corrected chi connectivity index (χ4v) is 1.38. The van der Waals surface area contributed by atoms with Crippen LogP contribution in [0.2, 0.25) is 0 Å². The van der Waals surface area contributed by atoms with Crippen LogP contribution in [0, 0.1) is 0 Å². The van der Waals surface area contributed by atoms with E-state index in [0.717, 1.165) is 5.56 Å². The third kappa shape index (κ3) is 4.41. The second kappa shape index (κ2) is 6.88. The van der Waals surface area contributed by atoms with Gasteiger partial charge in [-0.25, -0.2) is 14.9 Å². The summed E-state index contributed by atoms with van der Waals surface area (Å²) in [7, 11) is 0. The number of rotatable bonds is 4. The second-order valence-electron chi connectivity index (χ2n) is 3.84. The Morgan fingerprint density at radius 2 is 2.00 bits per heavy atom. The van der Waals surface area contributed by atoms with E-state index < -0.39 is 12.0 Å². The zero-order valence-electron chi connectivity index (χ0n) is 10.5. The number of benzene rings is 1. The van der Waals surface area contributed by atoms with Gasteiger partial charge in [-0.2, -0.15) is 0 Å². The van der Waals surface area contributed by atoms with E-state index >= 15 is 0 Å². The molecule has 2 rings (SSSR count). The molecule has 0 aliphatic heterocycles. The molecular formula is C12H13N5O3. The van der Waals surface area contributed by atoms with E-state index in [1.54, 1.807) is 0 Å². The topological polar surface area (TPSA) is 98.1 Å². The van der Waals surface area contributed by atoms with Gasteiger partial charge in [0.2, 0.25) is 0 Å². The van der Waals surface area contributed by atoms with E-state index in [4.69, 9.17) is 4.74 Å². The summed E-state index contributed by atoms with van der Waals surface area (Å²) in [6.45, 7) is 0.0879. The molecule has 2 N–H and O–H groups in total. The normalized spacial score (nSPS) is 9.80. The van der Waals surface area contributed by atoms with E-state index in [1.165, 1.54) is 17.1 Å². The van der Waals surface area contributed by atoms with Crippen molar-refractivity contribution < 1.29 is 14.3 Å². The van der Waals surface area contributed by atoms with Gasteiger partial charge in [0.15, 0.2) is 0 Å². The molecule has 0 aliphatic rings. The molecule has 1 heterocycles. The molecule has 8 nitrogen and oxygen atoms in total. The summed E-state index contributed by atoms with van der Waals surface area (Å²) in [5.74, 6) is -0.438. The molecule has 20 heavy (non-hydrogen) atoms. The number of amides is 2. The Bertz CT molecular complexity index is 556. The summed E-state index contributed by atoms with van der Waals surface area (Å²) in [5.41, 5.74) is 5.21. The van der Waals surface area contributed by atoms with E-state index in [9.17, 15) is 9.59 Å². The average Bonchev–Trinajstić information content (AvgIpc) is 2.97. The van der Waals surface area contributed by atoms with Crippen LogP contribution in [-0.2, 0) is 22.7 Å². The molecule has 0 fully saturated rings. The van der Waals surface area contributed by atoms with Gasteiger partial charge < -0.3 is 4.74 Å². The van der Waals surface area contributed by atoms with Crippen LogP contribution < -0.4 is 10.9 Å². The minimum absolute atomic E-state index is 0.0427. The fourth-order valence-electron chi connectivity index (χ4n) is 1.38. The number of hydrazine groups is 1. The molecule has 0 spiro atoms. The summed E-state index contributed by atoms with van der Waals surface area (Å²) in [4.78, 5) is 22.8. The van der Waals surface area contributed by atoms with Crippen molar-refractivity contribution in [3.05, 3.63) is 48.3 Å². The molecule has 0 atom stereocenters. The number of hydrogen-bond acceptors (Lipinski definition) is 5. The van der Waals surface area contributed by atoms with E-state index in [-0.39, 0.29) is 13.2 Å². The lowest BCUT2D eigenvalue weighted by Crippen LogP contribution is -2.43. The van der Waals surface area contributed by atoms with Crippen molar-refractivity contribution in [1.82, 2.24) is 25.8 Å². The highest BCUT2D eigenvalue weighted by molar-refractivity contribution is 5.78. The lowest BCUT2D eigenvalue weighted by atomic mass is 10.2. The van der Waals surface area contributed by atoms with Crippen LogP contribution in [-0.4, -0.2) is 27.0 Å². The highest BCUT2D eigenvalue weighted by atomic mass is 16.6. The average molecular weight is 275 g/mol. The van der Waals surface area contributed by atoms with Gasteiger partial charge >= 0.3 is 6.09 Å². The zero-order valence-corrected chi connectivity index (χ0v) is 10.5. The minimum atomic E-state index is -0.735. The smallest absolute Gasteiger partial charge is 0.426 e. The first-order valence-electron chi connectivity index (χ1n) is 5.83. The SMILES string of the molecule is O=C(Cn1ccnn1)NNC(=O)OCc1ccccc1. The van der Waals surface area contributed by atoms with Gasteiger partial charge in [-0.15, -0.1) is 5.10 Å². The van der Waals surface area contributed by atoms with E-state index in [1.807, 2.05) is 30.3 Å². The maximum atomic E-state index is 11.4. The third-order valence-corrected chi connectivity index (χ3v) is 2.29. The number of nitrogens with one attached hydrogen (secondary N) is 2. The van der Waals surface area contributed by atoms with E-state index in [0.29, 0.717) is 0 Å². The molecule has 0 radical (unpaired) electrons. The van der Waals surface area contributed by atoms with Crippen molar-refractivity contribution in [2.75, 3.05) is 0 Å². The molecule has 0 aliphatic carbocycles. The Balaban J connectivity index is 1.66. The molecule has 0 unspecified atom stereocenters. The largest absolute Gasteiger partial charge is 0.443 e. The highest BCUT2D eigenvalue weighted by Gasteiger charge is 2.06. The highest BCUT2D eigenvalue weighted by Crippen LogP contribution is 1.99. The Kier molecular flexibility index (Phi) is 4.65. The summed E-state index contributed by atoms with van der Waals surface area (Å²) >= 11 is 0. The number of aromatic nitrogens is 3. The maximum Gasteiger partial charge on any atom is 0.426 e. The van der Waals surface area contributed by atoms with Crippen molar-refractivity contribution >= 4 is 12.0 Å². The van der Waals surface area contributed by atoms with Gasteiger partial charge in [0.25, 0.3) is 5.91 Å². The van der Waals surface area contributed by atoms with Gasteiger partial charge in [-0.1, -0.05) is 35.5 Å². The monoisotopic (exact) mass is 275 g/mol. The van der Waals surface area contributed by atoms with Crippen LogP contribution in [0.3, 0.4) is 0 Å². The predicted molar refractivity (Wildman–Crippen MR) is 67.9 cm³/mol. The van der Waals surface area contributed by atoms with Crippen LogP contribution in [0.5, 0.6) is 0 Å². The number of carbonyl (C=O) groups is 2. The minimum Gasteiger partial charge on any atom is -0.443 e.